The van der Waals surface area contributed by atoms with Crippen LogP contribution in [0.2, 0.25) is 0 Å². The number of hydrogen-bond acceptors (Lipinski definition) is 3. The highest BCUT2D eigenvalue weighted by molar-refractivity contribution is 4.69. The fraction of sp³-hybridized carbons (Fsp3) is 1.00. The monoisotopic (exact) mass is 144 g/mol. The molecule has 0 radical (unpaired) electrons. The molecule has 1 fully saturated rings. The minimum absolute atomic E-state index is 0.517. The lowest BCUT2D eigenvalue weighted by molar-refractivity contribution is 0.0220. The average Bonchev–Trinajstić information content (AvgIpc) is 2.05. The van der Waals surface area contributed by atoms with E-state index in [4.69, 9.17) is 10.5 Å². The van der Waals surface area contributed by atoms with Gasteiger partial charge in [-0.1, -0.05) is 0 Å². The first-order valence-electron chi connectivity index (χ1n) is 3.86. The minimum atomic E-state index is 0.517. The van der Waals surface area contributed by atoms with E-state index in [1.165, 1.54) is 0 Å². The lowest BCUT2D eigenvalue weighted by Crippen LogP contribution is -2.45. The molecule has 1 atom stereocenters. The summed E-state index contributed by atoms with van der Waals surface area (Å²) in [4.78, 5) is 2.36. The van der Waals surface area contributed by atoms with Gasteiger partial charge >= 0.3 is 0 Å². The van der Waals surface area contributed by atoms with Crippen LogP contribution in [0.1, 0.15) is 6.92 Å². The van der Waals surface area contributed by atoms with E-state index in [2.05, 4.69) is 11.8 Å². The second kappa shape index (κ2) is 3.91. The first-order chi connectivity index (χ1) is 4.84. The lowest BCUT2D eigenvalue weighted by Gasteiger charge is -2.31. The largest absolute Gasteiger partial charge is 0.379 e. The summed E-state index contributed by atoms with van der Waals surface area (Å²) < 4.78 is 5.21. The maximum Gasteiger partial charge on any atom is 0.0594 e. The van der Waals surface area contributed by atoms with Crippen LogP contribution in [0.25, 0.3) is 0 Å². The van der Waals surface area contributed by atoms with Crippen LogP contribution in [0, 0.1) is 0 Å². The summed E-state index contributed by atoms with van der Waals surface area (Å²) in [6.07, 6.45) is 0. The Hall–Kier alpha value is -0.120. The van der Waals surface area contributed by atoms with Crippen LogP contribution in [0.15, 0.2) is 0 Å². The molecule has 0 unspecified atom stereocenters. The predicted octanol–water partition coefficient (Wildman–Crippen LogP) is -0.334. The molecule has 0 aromatic heterocycles. The van der Waals surface area contributed by atoms with E-state index in [9.17, 15) is 0 Å². The summed E-state index contributed by atoms with van der Waals surface area (Å²) in [5, 5.41) is 0. The van der Waals surface area contributed by atoms with Crippen molar-refractivity contribution in [1.82, 2.24) is 4.90 Å². The van der Waals surface area contributed by atoms with Gasteiger partial charge in [-0.3, -0.25) is 4.90 Å². The van der Waals surface area contributed by atoms with Gasteiger partial charge in [-0.25, -0.2) is 0 Å². The van der Waals surface area contributed by atoms with Crippen molar-refractivity contribution in [3.63, 3.8) is 0 Å². The number of hydrogen-bond donors (Lipinski definition) is 1. The first kappa shape index (κ1) is 7.98. The molecule has 0 spiro atoms. The molecule has 2 N–H and O–H groups in total. The molecule has 1 saturated heterocycles. The van der Waals surface area contributed by atoms with Crippen molar-refractivity contribution in [1.29, 1.82) is 0 Å². The molecule has 3 heteroatoms. The Kier molecular flexibility index (Phi) is 3.12. The Morgan fingerprint density at radius 1 is 1.50 bits per heavy atom. The van der Waals surface area contributed by atoms with Crippen molar-refractivity contribution >= 4 is 0 Å². The summed E-state index contributed by atoms with van der Waals surface area (Å²) in [6, 6.07) is 0.517. The molecule has 10 heavy (non-hydrogen) atoms. The van der Waals surface area contributed by atoms with Gasteiger partial charge in [-0.15, -0.1) is 0 Å². The Balaban J connectivity index is 2.24. The molecule has 3 nitrogen and oxygen atoms in total. The smallest absolute Gasteiger partial charge is 0.0594 e. The van der Waals surface area contributed by atoms with Crippen LogP contribution in [0.3, 0.4) is 0 Å². The molecule has 0 aromatic rings. The van der Waals surface area contributed by atoms with Gasteiger partial charge in [0.15, 0.2) is 0 Å². The van der Waals surface area contributed by atoms with E-state index in [0.29, 0.717) is 6.04 Å². The van der Waals surface area contributed by atoms with Crippen LogP contribution in [0.5, 0.6) is 0 Å². The highest BCUT2D eigenvalue weighted by Crippen LogP contribution is 2.01. The van der Waals surface area contributed by atoms with Crippen LogP contribution in [-0.4, -0.2) is 43.8 Å². The van der Waals surface area contributed by atoms with E-state index in [1.54, 1.807) is 0 Å². The molecule has 1 aliphatic rings. The highest BCUT2D eigenvalue weighted by atomic mass is 16.5. The predicted molar refractivity (Wildman–Crippen MR) is 40.9 cm³/mol. The van der Waals surface area contributed by atoms with Gasteiger partial charge < -0.3 is 10.5 Å². The van der Waals surface area contributed by atoms with Crippen molar-refractivity contribution in [3.05, 3.63) is 0 Å². The molecule has 0 amide bonds. The van der Waals surface area contributed by atoms with Crippen molar-refractivity contribution in [2.24, 2.45) is 5.73 Å². The third kappa shape index (κ3) is 1.94. The van der Waals surface area contributed by atoms with Crippen molar-refractivity contribution in [3.8, 4) is 0 Å². The quantitative estimate of drug-likeness (QED) is 0.576. The highest BCUT2D eigenvalue weighted by Gasteiger charge is 2.14. The van der Waals surface area contributed by atoms with Gasteiger partial charge in [0.2, 0.25) is 0 Å². The molecular formula is C7H16N2O. The maximum atomic E-state index is 5.52. The van der Waals surface area contributed by atoms with Gasteiger partial charge in [0.25, 0.3) is 0 Å². The summed E-state index contributed by atoms with van der Waals surface area (Å²) in [5.74, 6) is 0. The molecule has 1 heterocycles. The minimum Gasteiger partial charge on any atom is -0.379 e. The van der Waals surface area contributed by atoms with Gasteiger partial charge in [0.05, 0.1) is 13.2 Å². The van der Waals surface area contributed by atoms with Crippen molar-refractivity contribution in [2.75, 3.05) is 32.8 Å². The number of ether oxygens (including phenoxy) is 1. The van der Waals surface area contributed by atoms with Gasteiger partial charge in [-0.2, -0.15) is 0 Å². The van der Waals surface area contributed by atoms with Gasteiger partial charge in [0.1, 0.15) is 0 Å². The second-order valence-electron chi connectivity index (χ2n) is 2.73. The van der Waals surface area contributed by atoms with Gasteiger partial charge in [0, 0.05) is 25.7 Å². The van der Waals surface area contributed by atoms with Crippen LogP contribution in [0.4, 0.5) is 0 Å². The molecule has 60 valence electrons. The number of morpholine rings is 1. The van der Waals surface area contributed by atoms with Crippen LogP contribution < -0.4 is 5.73 Å². The molecule has 1 aliphatic heterocycles. The summed E-state index contributed by atoms with van der Waals surface area (Å²) in [7, 11) is 0. The summed E-state index contributed by atoms with van der Waals surface area (Å²) in [6.45, 7) is 6.72. The zero-order valence-electron chi connectivity index (χ0n) is 6.55. The molecule has 1 rings (SSSR count). The Morgan fingerprint density at radius 2 is 2.10 bits per heavy atom. The van der Waals surface area contributed by atoms with E-state index in [-0.39, 0.29) is 0 Å². The topological polar surface area (TPSA) is 38.5 Å². The van der Waals surface area contributed by atoms with Crippen LogP contribution >= 0.6 is 0 Å². The molecular weight excluding hydrogens is 128 g/mol. The first-order valence-corrected chi connectivity index (χ1v) is 3.86. The Labute approximate surface area is 62.1 Å². The summed E-state index contributed by atoms with van der Waals surface area (Å²) >= 11 is 0. The normalized spacial score (nSPS) is 24.6. The number of rotatable bonds is 2. The van der Waals surface area contributed by atoms with Crippen molar-refractivity contribution < 1.29 is 4.74 Å². The van der Waals surface area contributed by atoms with E-state index in [1.807, 2.05) is 0 Å². The fourth-order valence-corrected chi connectivity index (χ4v) is 1.17. The second-order valence-corrected chi connectivity index (χ2v) is 2.73. The Morgan fingerprint density at radius 3 is 2.60 bits per heavy atom. The Bertz CT molecular complexity index is 91.6. The maximum absolute atomic E-state index is 5.52. The molecule has 0 saturated carbocycles. The molecule has 0 aliphatic carbocycles. The van der Waals surface area contributed by atoms with Crippen LogP contribution in [-0.2, 0) is 4.74 Å². The third-order valence-electron chi connectivity index (χ3n) is 2.01. The van der Waals surface area contributed by atoms with E-state index < -0.39 is 0 Å². The average molecular weight is 144 g/mol. The van der Waals surface area contributed by atoms with Crippen molar-refractivity contribution in [2.45, 2.75) is 13.0 Å². The third-order valence-corrected chi connectivity index (χ3v) is 2.01. The molecule has 0 bridgehead atoms. The lowest BCUT2D eigenvalue weighted by atomic mass is 10.2. The van der Waals surface area contributed by atoms with E-state index in [0.717, 1.165) is 32.8 Å². The standard InChI is InChI=1S/C7H16N2O/c1-7(6-8)9-2-4-10-5-3-9/h7H,2-6,8H2,1H3/t7-/m1/s1. The fourth-order valence-electron chi connectivity index (χ4n) is 1.17. The molecule has 0 aromatic carbocycles. The number of nitrogens with zero attached hydrogens (tertiary/aromatic N) is 1. The van der Waals surface area contributed by atoms with E-state index >= 15 is 0 Å². The SMILES string of the molecule is C[C@H](CN)N1CCOCC1. The zero-order chi connectivity index (χ0) is 7.40. The zero-order valence-corrected chi connectivity index (χ0v) is 6.55. The summed E-state index contributed by atoms with van der Waals surface area (Å²) in [5.41, 5.74) is 5.52. The number of nitrogens with two attached hydrogens (primary N) is 1. The van der Waals surface area contributed by atoms with Gasteiger partial charge in [-0.05, 0) is 6.92 Å².